The molecular formula is C23H25N3O5. The molecule has 1 atom stereocenters. The largest absolute Gasteiger partial charge is 0.497 e. The molecule has 0 aliphatic carbocycles. The number of aromatic nitrogens is 2. The standard InChI is InChI=1S/C23H25N3O5/c1-28-18-9-6-15(7-10-18)21-24-22(31-25-21)17-5-4-12-26(14-17)23(27)16-8-11-19(29-2)20(13-16)30-3/h6-11,13,17H,4-5,12,14H2,1-3H3/t17-/m0/s1. The number of piperidine rings is 1. The quantitative estimate of drug-likeness (QED) is 0.596. The topological polar surface area (TPSA) is 86.9 Å². The van der Waals surface area contributed by atoms with Gasteiger partial charge in [-0.25, -0.2) is 0 Å². The second kappa shape index (κ2) is 9.07. The number of methoxy groups -OCH3 is 3. The lowest BCUT2D eigenvalue weighted by Crippen LogP contribution is -2.39. The molecule has 1 aromatic heterocycles. The molecule has 162 valence electrons. The minimum absolute atomic E-state index is 0.00246. The van der Waals surface area contributed by atoms with Crippen molar-refractivity contribution in [1.82, 2.24) is 15.0 Å². The fraction of sp³-hybridized carbons (Fsp3) is 0.348. The Balaban J connectivity index is 1.48. The summed E-state index contributed by atoms with van der Waals surface area (Å²) in [6.45, 7) is 1.21. The Morgan fingerprint density at radius 2 is 1.81 bits per heavy atom. The van der Waals surface area contributed by atoms with Crippen LogP contribution in [0, 0.1) is 0 Å². The van der Waals surface area contributed by atoms with Gasteiger partial charge in [0.25, 0.3) is 5.91 Å². The maximum Gasteiger partial charge on any atom is 0.254 e. The van der Waals surface area contributed by atoms with Crippen LogP contribution in [0.25, 0.3) is 11.4 Å². The first kappa shape index (κ1) is 20.7. The van der Waals surface area contributed by atoms with Gasteiger partial charge in [-0.05, 0) is 55.3 Å². The molecular weight excluding hydrogens is 398 g/mol. The van der Waals surface area contributed by atoms with Crippen molar-refractivity contribution in [3.8, 4) is 28.6 Å². The number of hydrogen-bond acceptors (Lipinski definition) is 7. The molecule has 0 bridgehead atoms. The summed E-state index contributed by atoms with van der Waals surface area (Å²) in [5.74, 6) is 2.91. The van der Waals surface area contributed by atoms with Crippen LogP contribution in [-0.2, 0) is 0 Å². The van der Waals surface area contributed by atoms with Crippen LogP contribution in [0.5, 0.6) is 17.2 Å². The highest BCUT2D eigenvalue weighted by Crippen LogP contribution is 2.31. The molecule has 1 saturated heterocycles. The summed E-state index contributed by atoms with van der Waals surface area (Å²) in [6, 6.07) is 12.7. The molecule has 1 fully saturated rings. The highest BCUT2D eigenvalue weighted by Gasteiger charge is 2.29. The van der Waals surface area contributed by atoms with Gasteiger partial charge in [0.1, 0.15) is 5.75 Å². The van der Waals surface area contributed by atoms with Gasteiger partial charge >= 0.3 is 0 Å². The van der Waals surface area contributed by atoms with E-state index in [-0.39, 0.29) is 11.8 Å². The second-order valence-electron chi connectivity index (χ2n) is 7.34. The zero-order valence-corrected chi connectivity index (χ0v) is 17.8. The van der Waals surface area contributed by atoms with Gasteiger partial charge in [0.05, 0.1) is 27.2 Å². The van der Waals surface area contributed by atoms with Gasteiger partial charge in [0.2, 0.25) is 11.7 Å². The predicted octanol–water partition coefficient (Wildman–Crippen LogP) is 3.78. The van der Waals surface area contributed by atoms with E-state index in [0.29, 0.717) is 41.9 Å². The number of nitrogens with zero attached hydrogens (tertiary/aromatic N) is 3. The van der Waals surface area contributed by atoms with Crippen molar-refractivity contribution in [2.75, 3.05) is 34.4 Å². The molecule has 0 radical (unpaired) electrons. The van der Waals surface area contributed by atoms with Crippen molar-refractivity contribution in [3.05, 3.63) is 53.9 Å². The fourth-order valence-corrected chi connectivity index (χ4v) is 3.77. The molecule has 31 heavy (non-hydrogen) atoms. The summed E-state index contributed by atoms with van der Waals surface area (Å²) in [7, 11) is 4.75. The van der Waals surface area contributed by atoms with Gasteiger partial charge < -0.3 is 23.6 Å². The normalized spacial score (nSPS) is 16.1. The van der Waals surface area contributed by atoms with Crippen molar-refractivity contribution < 1.29 is 23.5 Å². The molecule has 8 heteroatoms. The van der Waals surface area contributed by atoms with Crippen molar-refractivity contribution in [1.29, 1.82) is 0 Å². The second-order valence-corrected chi connectivity index (χ2v) is 7.34. The molecule has 2 heterocycles. The highest BCUT2D eigenvalue weighted by molar-refractivity contribution is 5.95. The van der Waals surface area contributed by atoms with E-state index in [1.54, 1.807) is 39.5 Å². The predicted molar refractivity (Wildman–Crippen MR) is 114 cm³/mol. The lowest BCUT2D eigenvalue weighted by Gasteiger charge is -2.31. The zero-order valence-electron chi connectivity index (χ0n) is 17.8. The summed E-state index contributed by atoms with van der Waals surface area (Å²) in [4.78, 5) is 19.5. The summed E-state index contributed by atoms with van der Waals surface area (Å²) >= 11 is 0. The van der Waals surface area contributed by atoms with Crippen molar-refractivity contribution in [2.45, 2.75) is 18.8 Å². The first-order chi connectivity index (χ1) is 15.1. The van der Waals surface area contributed by atoms with E-state index < -0.39 is 0 Å². The Hall–Kier alpha value is -3.55. The summed E-state index contributed by atoms with van der Waals surface area (Å²) in [5, 5.41) is 4.13. The van der Waals surface area contributed by atoms with Gasteiger partial charge in [0.15, 0.2) is 11.5 Å². The molecule has 0 unspecified atom stereocenters. The van der Waals surface area contributed by atoms with E-state index in [1.165, 1.54) is 0 Å². The van der Waals surface area contributed by atoms with Crippen LogP contribution < -0.4 is 14.2 Å². The van der Waals surface area contributed by atoms with E-state index in [1.807, 2.05) is 29.2 Å². The molecule has 4 rings (SSSR count). The van der Waals surface area contributed by atoms with Crippen molar-refractivity contribution >= 4 is 5.91 Å². The van der Waals surface area contributed by atoms with Gasteiger partial charge in [0, 0.05) is 24.2 Å². The smallest absolute Gasteiger partial charge is 0.254 e. The Morgan fingerprint density at radius 1 is 1.03 bits per heavy atom. The van der Waals surface area contributed by atoms with Crippen LogP contribution in [0.4, 0.5) is 0 Å². The molecule has 0 saturated carbocycles. The van der Waals surface area contributed by atoms with Crippen LogP contribution in [0.15, 0.2) is 47.0 Å². The van der Waals surface area contributed by atoms with Crippen LogP contribution in [-0.4, -0.2) is 55.4 Å². The summed E-state index contributed by atoms with van der Waals surface area (Å²) in [5.41, 5.74) is 1.41. The molecule has 1 aliphatic heterocycles. The first-order valence-electron chi connectivity index (χ1n) is 10.1. The number of carbonyl (C=O) groups excluding carboxylic acids is 1. The molecule has 1 amide bonds. The summed E-state index contributed by atoms with van der Waals surface area (Å²) < 4.78 is 21.3. The van der Waals surface area contributed by atoms with Crippen molar-refractivity contribution in [3.63, 3.8) is 0 Å². The molecule has 8 nitrogen and oxygen atoms in total. The van der Waals surface area contributed by atoms with Crippen molar-refractivity contribution in [2.24, 2.45) is 0 Å². The minimum atomic E-state index is -0.0550. The monoisotopic (exact) mass is 423 g/mol. The third-order valence-electron chi connectivity index (χ3n) is 5.48. The number of hydrogen-bond donors (Lipinski definition) is 0. The average Bonchev–Trinajstić information content (AvgIpc) is 3.33. The third-order valence-corrected chi connectivity index (χ3v) is 5.48. The van der Waals surface area contributed by atoms with Crippen LogP contribution in [0.1, 0.15) is 35.0 Å². The van der Waals surface area contributed by atoms with Gasteiger partial charge in [-0.1, -0.05) is 5.16 Å². The molecule has 1 aliphatic rings. The van der Waals surface area contributed by atoms with Crippen LogP contribution in [0.3, 0.4) is 0 Å². The number of likely N-dealkylation sites (tertiary alicyclic amines) is 1. The molecule has 0 spiro atoms. The Kier molecular flexibility index (Phi) is 6.06. The first-order valence-corrected chi connectivity index (χ1v) is 10.1. The van der Waals surface area contributed by atoms with E-state index in [9.17, 15) is 4.79 Å². The number of ether oxygens (including phenoxy) is 3. The van der Waals surface area contributed by atoms with E-state index in [4.69, 9.17) is 18.7 Å². The van der Waals surface area contributed by atoms with Crippen LogP contribution in [0.2, 0.25) is 0 Å². The van der Waals surface area contributed by atoms with Gasteiger partial charge in [-0.2, -0.15) is 4.98 Å². The Morgan fingerprint density at radius 3 is 2.52 bits per heavy atom. The van der Waals surface area contributed by atoms with Gasteiger partial charge in [-0.3, -0.25) is 4.79 Å². The Bertz CT molecular complexity index is 1050. The van der Waals surface area contributed by atoms with Crippen LogP contribution >= 0.6 is 0 Å². The lowest BCUT2D eigenvalue weighted by molar-refractivity contribution is 0.0695. The van der Waals surface area contributed by atoms with Gasteiger partial charge in [-0.15, -0.1) is 0 Å². The van der Waals surface area contributed by atoms with E-state index in [0.717, 1.165) is 24.2 Å². The Labute approximate surface area is 180 Å². The van der Waals surface area contributed by atoms with E-state index >= 15 is 0 Å². The number of carbonyl (C=O) groups is 1. The number of amides is 1. The number of benzene rings is 2. The SMILES string of the molecule is COc1ccc(-c2noc([C@H]3CCCN(C(=O)c4ccc(OC)c(OC)c4)C3)n2)cc1. The zero-order chi connectivity index (χ0) is 21.8. The number of rotatable bonds is 6. The maximum atomic E-state index is 13.1. The summed E-state index contributed by atoms with van der Waals surface area (Å²) in [6.07, 6.45) is 1.75. The molecule has 2 aromatic carbocycles. The average molecular weight is 423 g/mol. The highest BCUT2D eigenvalue weighted by atomic mass is 16.5. The fourth-order valence-electron chi connectivity index (χ4n) is 3.77. The lowest BCUT2D eigenvalue weighted by atomic mass is 9.97. The van der Waals surface area contributed by atoms with E-state index in [2.05, 4.69) is 10.1 Å². The maximum absolute atomic E-state index is 13.1. The molecule has 0 N–H and O–H groups in total. The molecule has 3 aromatic rings. The minimum Gasteiger partial charge on any atom is -0.497 e. The third kappa shape index (κ3) is 4.33.